The number of carbonyl (C=O) groups is 1. The summed E-state index contributed by atoms with van der Waals surface area (Å²) in [5.41, 5.74) is 2.73. The number of aliphatic hydroxyl groups is 1. The summed E-state index contributed by atoms with van der Waals surface area (Å²) in [4.78, 5) is 33.4. The van der Waals surface area contributed by atoms with Gasteiger partial charge in [0.15, 0.2) is 0 Å². The Hall–Kier alpha value is -3.49. The number of nitrogens with one attached hydrogen (secondary N) is 1. The minimum atomic E-state index is -0.478. The van der Waals surface area contributed by atoms with Gasteiger partial charge in [0.2, 0.25) is 5.91 Å². The van der Waals surface area contributed by atoms with Crippen LogP contribution in [0.5, 0.6) is 5.75 Å². The topological polar surface area (TPSA) is 96.7 Å². The van der Waals surface area contributed by atoms with Gasteiger partial charge in [-0.25, -0.2) is 0 Å². The number of nitrogens with zero attached hydrogens (tertiary/aromatic N) is 3. The van der Waals surface area contributed by atoms with Crippen LogP contribution in [0.15, 0.2) is 65.6 Å². The average Bonchev–Trinajstić information content (AvgIpc) is 3.05. The molecule has 8 nitrogen and oxygen atoms in total. The van der Waals surface area contributed by atoms with Crippen LogP contribution in [0, 0.1) is 11.8 Å². The molecule has 1 fully saturated rings. The number of ether oxygens (including phenoxy) is 1. The number of hydrogen-bond acceptors (Lipinski definition) is 6. The van der Waals surface area contributed by atoms with Gasteiger partial charge < -0.3 is 19.7 Å². The first kappa shape index (κ1) is 22.3. The van der Waals surface area contributed by atoms with E-state index < -0.39 is 5.92 Å². The van der Waals surface area contributed by atoms with Crippen LogP contribution in [-0.4, -0.2) is 52.3 Å². The minimum absolute atomic E-state index is 0.115. The maximum atomic E-state index is 13.6. The molecule has 3 aromatic rings. The number of aliphatic hydroxyl groups excluding tert-OH is 1. The number of aromatic nitrogens is 2. The fourth-order valence-corrected chi connectivity index (χ4v) is 5.56. The molecule has 0 saturated carbocycles. The number of para-hydroxylation sites is 1. The Morgan fingerprint density at radius 1 is 1.15 bits per heavy atom. The molecule has 176 valence electrons. The van der Waals surface area contributed by atoms with Crippen LogP contribution in [0.2, 0.25) is 0 Å². The third kappa shape index (κ3) is 3.59. The number of pyridine rings is 2. The lowest BCUT2D eigenvalue weighted by atomic mass is 9.86. The lowest BCUT2D eigenvalue weighted by Gasteiger charge is -2.35. The first-order chi connectivity index (χ1) is 16.5. The summed E-state index contributed by atoms with van der Waals surface area (Å²) < 4.78 is 7.24. The molecule has 2 bridgehead atoms. The number of amides is 1. The van der Waals surface area contributed by atoms with Gasteiger partial charge in [-0.2, -0.15) is 0 Å². The Kier molecular flexibility index (Phi) is 5.93. The summed E-state index contributed by atoms with van der Waals surface area (Å²) in [5, 5.41) is 13.3. The lowest BCUT2D eigenvalue weighted by Crippen LogP contribution is -2.44. The highest BCUT2D eigenvalue weighted by molar-refractivity contribution is 5.80. The molecule has 2 aromatic heterocycles. The predicted octanol–water partition coefficient (Wildman–Crippen LogP) is 1.83. The fraction of sp³-hybridized carbons (Fsp3) is 0.346. The molecule has 4 heterocycles. The van der Waals surface area contributed by atoms with Crippen LogP contribution in [0.4, 0.5) is 0 Å². The molecule has 2 N–H and O–H groups in total. The second-order valence-electron chi connectivity index (χ2n) is 8.88. The average molecular weight is 461 g/mol. The zero-order valence-corrected chi connectivity index (χ0v) is 19.2. The van der Waals surface area contributed by atoms with Crippen molar-refractivity contribution in [3.8, 4) is 16.9 Å². The number of fused-ring (bicyclic) bond motifs is 4. The summed E-state index contributed by atoms with van der Waals surface area (Å²) in [6.45, 7) is 0.601. The molecule has 0 spiro atoms. The molecule has 5 rings (SSSR count). The smallest absolute Gasteiger partial charge is 0.258 e. The molecule has 0 aliphatic carbocycles. The van der Waals surface area contributed by atoms with E-state index in [2.05, 4.69) is 15.2 Å². The first-order valence-electron chi connectivity index (χ1n) is 11.4. The Bertz CT molecular complexity index is 1260. The van der Waals surface area contributed by atoms with E-state index in [-0.39, 0.29) is 36.1 Å². The van der Waals surface area contributed by atoms with Crippen molar-refractivity contribution in [2.75, 3.05) is 20.8 Å². The van der Waals surface area contributed by atoms with Crippen LogP contribution in [0.25, 0.3) is 11.1 Å². The van der Waals surface area contributed by atoms with E-state index in [0.29, 0.717) is 24.4 Å². The molecular weight excluding hydrogens is 432 g/mol. The van der Waals surface area contributed by atoms with Gasteiger partial charge in [0.25, 0.3) is 5.56 Å². The monoisotopic (exact) mass is 460 g/mol. The van der Waals surface area contributed by atoms with Crippen molar-refractivity contribution in [3.05, 3.63) is 82.5 Å². The molecular formula is C26H28N4O4. The van der Waals surface area contributed by atoms with E-state index in [0.717, 1.165) is 17.0 Å². The van der Waals surface area contributed by atoms with Crippen molar-refractivity contribution >= 4 is 5.91 Å². The molecule has 0 radical (unpaired) electrons. The number of hydrogen-bond donors (Lipinski definition) is 2. The lowest BCUT2D eigenvalue weighted by molar-refractivity contribution is -0.127. The summed E-state index contributed by atoms with van der Waals surface area (Å²) in [6, 6.07) is 16.3. The minimum Gasteiger partial charge on any atom is -0.496 e. The number of methoxy groups -OCH3 is 1. The van der Waals surface area contributed by atoms with Crippen molar-refractivity contribution in [2.24, 2.45) is 11.8 Å². The predicted molar refractivity (Wildman–Crippen MR) is 127 cm³/mol. The molecule has 1 amide bonds. The third-order valence-electron chi connectivity index (χ3n) is 7.22. The van der Waals surface area contributed by atoms with Gasteiger partial charge in [0.05, 0.1) is 36.9 Å². The Morgan fingerprint density at radius 3 is 2.68 bits per heavy atom. The van der Waals surface area contributed by atoms with Gasteiger partial charge in [-0.15, -0.1) is 0 Å². The summed E-state index contributed by atoms with van der Waals surface area (Å²) in [7, 11) is 3.55. The summed E-state index contributed by atoms with van der Waals surface area (Å²) in [5.74, 6) is -0.267. The van der Waals surface area contributed by atoms with Gasteiger partial charge in [0, 0.05) is 42.6 Å². The first-order valence-corrected chi connectivity index (χ1v) is 11.4. The highest BCUT2D eigenvalue weighted by atomic mass is 16.5. The van der Waals surface area contributed by atoms with Crippen LogP contribution in [-0.2, 0) is 17.9 Å². The van der Waals surface area contributed by atoms with Crippen LogP contribution < -0.4 is 15.6 Å². The summed E-state index contributed by atoms with van der Waals surface area (Å²) in [6.07, 6.45) is 1.69. The second-order valence-corrected chi connectivity index (χ2v) is 8.88. The maximum Gasteiger partial charge on any atom is 0.258 e. The molecule has 4 atom stereocenters. The molecule has 2 aliphatic heterocycles. The van der Waals surface area contributed by atoms with Crippen molar-refractivity contribution in [1.82, 2.24) is 19.8 Å². The van der Waals surface area contributed by atoms with E-state index in [1.54, 1.807) is 17.9 Å². The van der Waals surface area contributed by atoms with Gasteiger partial charge in [-0.3, -0.25) is 19.5 Å². The molecule has 2 aliphatic rings. The molecule has 1 aromatic carbocycles. The Labute approximate surface area is 197 Å². The number of rotatable bonds is 6. The molecule has 8 heteroatoms. The highest BCUT2D eigenvalue weighted by Gasteiger charge is 2.54. The van der Waals surface area contributed by atoms with Crippen LogP contribution in [0.1, 0.15) is 17.4 Å². The number of benzene rings is 1. The normalized spacial score (nSPS) is 23.4. The van der Waals surface area contributed by atoms with E-state index in [1.165, 1.54) is 0 Å². The standard InChI is InChI=1S/C26H28N4O4/c1-29-21-14-30-20(11-10-18(26(30)33)17-8-3-4-9-22(17)34-2)24(29)23(19(21)15-31)25(32)28-13-16-7-5-6-12-27-16/h3-12,19,21,23-24,31H,13-15H2,1-2H3,(H,28,32)/t19-,21-,23+,24+/m0/s1. The van der Waals surface area contributed by atoms with E-state index in [9.17, 15) is 14.7 Å². The third-order valence-corrected chi connectivity index (χ3v) is 7.22. The van der Waals surface area contributed by atoms with Crippen LogP contribution >= 0.6 is 0 Å². The number of likely N-dealkylation sites (N-methyl/N-ethyl adjacent to an activating group) is 1. The van der Waals surface area contributed by atoms with Crippen molar-refractivity contribution in [3.63, 3.8) is 0 Å². The van der Waals surface area contributed by atoms with Crippen molar-refractivity contribution in [1.29, 1.82) is 0 Å². The van der Waals surface area contributed by atoms with Crippen LogP contribution in [0.3, 0.4) is 0 Å². The van der Waals surface area contributed by atoms with E-state index >= 15 is 0 Å². The van der Waals surface area contributed by atoms with Gasteiger partial charge in [-0.05, 0) is 37.4 Å². The zero-order valence-electron chi connectivity index (χ0n) is 19.2. The van der Waals surface area contributed by atoms with Gasteiger partial charge >= 0.3 is 0 Å². The van der Waals surface area contributed by atoms with Gasteiger partial charge in [0.1, 0.15) is 5.75 Å². The fourth-order valence-electron chi connectivity index (χ4n) is 5.56. The number of carbonyl (C=O) groups excluding carboxylic acids is 1. The quantitative estimate of drug-likeness (QED) is 0.583. The Morgan fingerprint density at radius 2 is 1.94 bits per heavy atom. The second kappa shape index (κ2) is 9.04. The molecule has 34 heavy (non-hydrogen) atoms. The largest absolute Gasteiger partial charge is 0.496 e. The molecule has 1 saturated heterocycles. The van der Waals surface area contributed by atoms with Crippen molar-refractivity contribution in [2.45, 2.75) is 25.2 Å². The zero-order chi connectivity index (χ0) is 23.8. The van der Waals surface area contributed by atoms with E-state index in [1.807, 2.05) is 61.6 Å². The van der Waals surface area contributed by atoms with E-state index in [4.69, 9.17) is 4.74 Å². The summed E-state index contributed by atoms with van der Waals surface area (Å²) >= 11 is 0. The Balaban J connectivity index is 1.51. The van der Waals surface area contributed by atoms with Gasteiger partial charge in [-0.1, -0.05) is 24.3 Å². The SMILES string of the molecule is COc1ccccc1-c1ccc2n(c1=O)C[C@H]1[C@H](CO)[C@@H](C(=O)NCc3ccccn3)[C@@H]2N1C. The maximum absolute atomic E-state index is 13.6. The molecule has 0 unspecified atom stereocenters. The van der Waals surface area contributed by atoms with Crippen molar-refractivity contribution < 1.29 is 14.6 Å². The highest BCUT2D eigenvalue weighted by Crippen LogP contribution is 2.47.